The van der Waals surface area contributed by atoms with Gasteiger partial charge in [-0.15, -0.1) is 0 Å². The molecule has 0 aliphatic carbocycles. The lowest BCUT2D eigenvalue weighted by Crippen LogP contribution is -2.17. The molecule has 0 unspecified atom stereocenters. The molecule has 0 aliphatic heterocycles. The third-order valence-corrected chi connectivity index (χ3v) is 11.8. The summed E-state index contributed by atoms with van der Waals surface area (Å²) in [5.41, 5.74) is 14.5. The third kappa shape index (κ3) is 7.97. The second-order valence-corrected chi connectivity index (χ2v) is 19.1. The van der Waals surface area contributed by atoms with Crippen LogP contribution in [-0.2, 0) is 10.8 Å². The van der Waals surface area contributed by atoms with Crippen molar-refractivity contribution in [3.63, 3.8) is 0 Å². The van der Waals surface area contributed by atoms with Crippen LogP contribution in [0.1, 0.15) is 109 Å². The Labute approximate surface area is 349 Å². The van der Waals surface area contributed by atoms with E-state index in [2.05, 4.69) is 238 Å². The third-order valence-electron chi connectivity index (χ3n) is 11.8. The summed E-state index contributed by atoms with van der Waals surface area (Å²) in [7, 11) is 4.21. The molecule has 0 fully saturated rings. The zero-order chi connectivity index (χ0) is 41.7. The van der Waals surface area contributed by atoms with Gasteiger partial charge in [-0.25, -0.2) is 0 Å². The van der Waals surface area contributed by atoms with Crippen molar-refractivity contribution in [1.29, 1.82) is 0 Å². The van der Waals surface area contributed by atoms with Crippen LogP contribution < -0.4 is 14.7 Å². The van der Waals surface area contributed by atoms with Gasteiger partial charge in [-0.05, 0) is 125 Å². The average Bonchev–Trinajstić information content (AvgIpc) is 3.19. The predicted octanol–water partition coefficient (Wildman–Crippen LogP) is 16.1. The summed E-state index contributed by atoms with van der Waals surface area (Å²) >= 11 is 0. The summed E-state index contributed by atoms with van der Waals surface area (Å²) in [6, 6.07) is 51.0. The zero-order valence-electron chi connectivity index (χ0n) is 37.2. The highest BCUT2D eigenvalue weighted by Gasteiger charge is 2.28. The summed E-state index contributed by atoms with van der Waals surface area (Å²) in [5, 5.41) is 4.87. The first-order valence-corrected chi connectivity index (χ1v) is 21.1. The molecule has 298 valence electrons. The Hall–Kier alpha value is -5.54. The van der Waals surface area contributed by atoms with Crippen molar-refractivity contribution in [2.24, 2.45) is 0 Å². The number of hydrogen-bond donors (Lipinski definition) is 0. The van der Waals surface area contributed by atoms with E-state index in [1.54, 1.807) is 0 Å². The highest BCUT2D eigenvalue weighted by atomic mass is 15.2. The Morgan fingerprint density at radius 2 is 0.690 bits per heavy atom. The van der Waals surface area contributed by atoms with Gasteiger partial charge in [0.25, 0.3) is 0 Å². The van der Waals surface area contributed by atoms with E-state index in [0.29, 0.717) is 11.8 Å². The van der Waals surface area contributed by atoms with Gasteiger partial charge in [0.05, 0.1) is 11.4 Å². The van der Waals surface area contributed by atoms with Crippen LogP contribution >= 0.6 is 0 Å². The number of anilines is 7. The molecule has 0 saturated heterocycles. The number of rotatable bonds is 9. The largest absolute Gasteiger partial charge is 0.378 e. The van der Waals surface area contributed by atoms with Gasteiger partial charge in [0.2, 0.25) is 0 Å². The van der Waals surface area contributed by atoms with Crippen molar-refractivity contribution in [3.8, 4) is 0 Å². The summed E-state index contributed by atoms with van der Waals surface area (Å²) in [5.74, 6) is 0.885. The number of benzene rings is 7. The summed E-state index contributed by atoms with van der Waals surface area (Å²) in [6.45, 7) is 25.2. The van der Waals surface area contributed by atoms with Crippen LogP contribution in [-0.4, -0.2) is 14.1 Å². The highest BCUT2D eigenvalue weighted by molar-refractivity contribution is 6.23. The molecule has 0 spiro atoms. The van der Waals surface area contributed by atoms with Crippen LogP contribution in [0.2, 0.25) is 0 Å². The molecule has 7 aromatic rings. The van der Waals surface area contributed by atoms with E-state index in [4.69, 9.17) is 0 Å². The van der Waals surface area contributed by atoms with Crippen molar-refractivity contribution in [2.75, 3.05) is 28.8 Å². The van der Waals surface area contributed by atoms with E-state index < -0.39 is 0 Å². The van der Waals surface area contributed by atoms with Gasteiger partial charge in [-0.1, -0.05) is 135 Å². The van der Waals surface area contributed by atoms with Crippen molar-refractivity contribution in [3.05, 3.63) is 161 Å². The number of fused-ring (bicyclic) bond motifs is 2. The van der Waals surface area contributed by atoms with Gasteiger partial charge in [0, 0.05) is 64.1 Å². The number of hydrogen-bond acceptors (Lipinski definition) is 3. The van der Waals surface area contributed by atoms with Crippen LogP contribution in [0.15, 0.2) is 133 Å². The second-order valence-electron chi connectivity index (χ2n) is 19.1. The Kier molecular flexibility index (Phi) is 11.0. The van der Waals surface area contributed by atoms with Gasteiger partial charge in [-0.2, -0.15) is 0 Å². The van der Waals surface area contributed by atoms with E-state index >= 15 is 0 Å². The van der Waals surface area contributed by atoms with Crippen LogP contribution in [0.25, 0.3) is 21.5 Å². The Morgan fingerprint density at radius 3 is 1.00 bits per heavy atom. The Bertz CT molecular complexity index is 2470. The van der Waals surface area contributed by atoms with E-state index in [9.17, 15) is 0 Å². The molecule has 3 nitrogen and oxygen atoms in total. The smallest absolute Gasteiger partial charge is 0.0620 e. The lowest BCUT2D eigenvalue weighted by atomic mass is 9.82. The molecule has 0 aliphatic rings. The predicted molar refractivity (Wildman–Crippen MR) is 255 cm³/mol. The van der Waals surface area contributed by atoms with Gasteiger partial charge in [-0.3, -0.25) is 0 Å². The van der Waals surface area contributed by atoms with Gasteiger partial charge in [0.15, 0.2) is 0 Å². The topological polar surface area (TPSA) is 9.72 Å². The van der Waals surface area contributed by atoms with Crippen molar-refractivity contribution >= 4 is 61.4 Å². The Morgan fingerprint density at radius 1 is 0.379 bits per heavy atom. The molecule has 0 amide bonds. The molecule has 7 aromatic carbocycles. The highest BCUT2D eigenvalue weighted by Crippen LogP contribution is 2.52. The molecular weight excluding hydrogens is 703 g/mol. The van der Waals surface area contributed by atoms with E-state index in [-0.39, 0.29) is 10.8 Å². The maximum Gasteiger partial charge on any atom is 0.0620 e. The lowest BCUT2D eigenvalue weighted by molar-refractivity contribution is 0.590. The zero-order valence-corrected chi connectivity index (χ0v) is 37.2. The average molecular weight is 766 g/mol. The fourth-order valence-electron chi connectivity index (χ4n) is 8.02. The molecule has 3 heteroatoms. The van der Waals surface area contributed by atoms with Crippen LogP contribution in [0.4, 0.5) is 39.8 Å². The molecule has 0 aromatic heterocycles. The minimum absolute atomic E-state index is 0.0569. The van der Waals surface area contributed by atoms with Crippen LogP contribution in [0.3, 0.4) is 0 Å². The maximum absolute atomic E-state index is 2.51. The fraction of sp³-hybridized carbons (Fsp3) is 0.309. The molecule has 0 N–H and O–H groups in total. The van der Waals surface area contributed by atoms with Crippen molar-refractivity contribution < 1.29 is 0 Å². The van der Waals surface area contributed by atoms with E-state index in [0.717, 1.165) is 22.7 Å². The molecule has 0 bridgehead atoms. The minimum Gasteiger partial charge on any atom is -0.378 e. The van der Waals surface area contributed by atoms with Crippen LogP contribution in [0, 0.1) is 6.92 Å². The molecule has 7 rings (SSSR count). The molecule has 0 atom stereocenters. The van der Waals surface area contributed by atoms with Gasteiger partial charge in [0.1, 0.15) is 0 Å². The Balaban J connectivity index is 1.68. The first-order valence-electron chi connectivity index (χ1n) is 21.1. The van der Waals surface area contributed by atoms with Crippen molar-refractivity contribution in [1.82, 2.24) is 0 Å². The number of nitrogens with zero attached hydrogens (tertiary/aromatic N) is 3. The lowest BCUT2D eigenvalue weighted by Gasteiger charge is -2.34. The molecule has 0 heterocycles. The van der Waals surface area contributed by atoms with Gasteiger partial charge >= 0.3 is 0 Å². The van der Waals surface area contributed by atoms with E-state index in [1.165, 1.54) is 66.4 Å². The second kappa shape index (κ2) is 15.7. The molecule has 0 saturated carbocycles. The summed E-state index contributed by atoms with van der Waals surface area (Å²) in [4.78, 5) is 7.19. The summed E-state index contributed by atoms with van der Waals surface area (Å²) < 4.78 is 0. The standard InChI is InChI=1S/C55H63N3/c1-36(2)39-16-24-45(25-17-39)57(44-22-14-38(5)15-23-44)52-48-32-20-42(55(9,10)11)35-51(48)53(49-33-21-41(34-50(49)52)54(6,7)8)58(46-26-18-40(19-27-46)37(3)4)47-30-28-43(29-31-47)56(12)13/h14-37H,1-13H3. The normalized spacial score (nSPS) is 12.2. The quantitative estimate of drug-likeness (QED) is 0.107. The first kappa shape index (κ1) is 40.6. The minimum atomic E-state index is -0.0584. The maximum atomic E-state index is 2.51. The fourth-order valence-corrected chi connectivity index (χ4v) is 8.02. The molecule has 0 radical (unpaired) electrons. The summed E-state index contributed by atoms with van der Waals surface area (Å²) in [6.07, 6.45) is 0. The van der Waals surface area contributed by atoms with Crippen molar-refractivity contribution in [2.45, 2.75) is 98.8 Å². The first-order chi connectivity index (χ1) is 27.4. The van der Waals surface area contributed by atoms with Gasteiger partial charge < -0.3 is 14.7 Å². The SMILES string of the molecule is Cc1ccc(N(c2ccc(C(C)C)cc2)c2c3ccc(C(C)(C)C)cc3c(N(c3ccc(C(C)C)cc3)c3ccc(N(C)C)cc3)c3ccc(C(C)(C)C)cc23)cc1. The van der Waals surface area contributed by atoms with Crippen LogP contribution in [0.5, 0.6) is 0 Å². The van der Waals surface area contributed by atoms with E-state index in [1.807, 2.05) is 0 Å². The molecular formula is C55H63N3. The monoisotopic (exact) mass is 766 g/mol. The number of aryl methyl sites for hydroxylation is 1. The molecule has 58 heavy (non-hydrogen) atoms.